The van der Waals surface area contributed by atoms with E-state index in [9.17, 15) is 9.59 Å². The first-order valence-corrected chi connectivity index (χ1v) is 10.9. The number of ether oxygens (including phenoxy) is 1. The fourth-order valence-electron chi connectivity index (χ4n) is 2.61. The highest BCUT2D eigenvalue weighted by atomic mass is 32.1. The molecule has 0 saturated carbocycles. The number of rotatable bonds is 8. The third-order valence-corrected chi connectivity index (χ3v) is 5.45. The van der Waals surface area contributed by atoms with E-state index in [-0.39, 0.29) is 5.91 Å². The molecule has 0 aliphatic rings. The smallest absolute Gasteiger partial charge is 0.408 e. The van der Waals surface area contributed by atoms with Crippen LogP contribution in [0.4, 0.5) is 4.79 Å². The number of nitrogens with one attached hydrogen (secondary N) is 1. The van der Waals surface area contributed by atoms with Crippen LogP contribution in [0, 0.1) is 0 Å². The highest BCUT2D eigenvalue weighted by Crippen LogP contribution is 2.19. The van der Waals surface area contributed by atoms with Crippen LogP contribution in [0.5, 0.6) is 0 Å². The summed E-state index contributed by atoms with van der Waals surface area (Å²) in [4.78, 5) is 29.5. The molecule has 0 aliphatic carbocycles. The van der Waals surface area contributed by atoms with Crippen LogP contribution < -0.4 is 5.32 Å². The largest absolute Gasteiger partial charge is 0.444 e. The van der Waals surface area contributed by atoms with Gasteiger partial charge in [0.05, 0.1) is 13.1 Å². The molecule has 1 N–H and O–H groups in total. The van der Waals surface area contributed by atoms with Crippen molar-refractivity contribution in [2.75, 3.05) is 0 Å². The zero-order valence-electron chi connectivity index (χ0n) is 16.4. The van der Waals surface area contributed by atoms with Gasteiger partial charge in [0, 0.05) is 9.75 Å². The van der Waals surface area contributed by atoms with Crippen molar-refractivity contribution < 1.29 is 14.3 Å². The van der Waals surface area contributed by atoms with Crippen molar-refractivity contribution >= 4 is 34.7 Å². The van der Waals surface area contributed by atoms with Crippen molar-refractivity contribution in [3.63, 3.8) is 0 Å². The van der Waals surface area contributed by atoms with Gasteiger partial charge in [0.2, 0.25) is 5.91 Å². The van der Waals surface area contributed by atoms with Gasteiger partial charge in [0.15, 0.2) is 0 Å². The normalized spacial score (nSPS) is 12.4. The number of hydrogen-bond donors (Lipinski definition) is 1. The zero-order chi connectivity index (χ0) is 19.9. The predicted octanol–water partition coefficient (Wildman–Crippen LogP) is 5.03. The van der Waals surface area contributed by atoms with Crippen LogP contribution in [-0.2, 0) is 22.6 Å². The Bertz CT molecular complexity index is 670. The van der Waals surface area contributed by atoms with E-state index in [1.807, 2.05) is 67.6 Å². The molecule has 0 spiro atoms. The standard InChI is InChI=1S/C20H28N2O3S2/c1-5-8-17(21-19(24)25-20(2,3)4)18(23)22(13-15-9-6-11-26-15)14-16-10-7-12-27-16/h6-7,9-12,17H,5,8,13-14H2,1-4H3,(H,21,24)/t17-/m0/s1. The molecule has 0 bridgehead atoms. The molecule has 1 atom stereocenters. The number of amides is 2. The lowest BCUT2D eigenvalue weighted by Crippen LogP contribution is -2.49. The average molecular weight is 409 g/mol. The van der Waals surface area contributed by atoms with Gasteiger partial charge in [-0.15, -0.1) is 22.7 Å². The summed E-state index contributed by atoms with van der Waals surface area (Å²) < 4.78 is 5.34. The summed E-state index contributed by atoms with van der Waals surface area (Å²) in [5.74, 6) is -0.0792. The summed E-state index contributed by atoms with van der Waals surface area (Å²) in [5, 5.41) is 6.78. The van der Waals surface area contributed by atoms with E-state index in [4.69, 9.17) is 4.74 Å². The fourth-order valence-corrected chi connectivity index (χ4v) is 4.05. The second-order valence-corrected chi connectivity index (χ2v) is 9.41. The Morgan fingerprint density at radius 3 is 2.07 bits per heavy atom. The Hall–Kier alpha value is -1.86. The third kappa shape index (κ3) is 7.34. The zero-order valence-corrected chi connectivity index (χ0v) is 18.0. The van der Waals surface area contributed by atoms with Crippen LogP contribution in [0.15, 0.2) is 35.0 Å². The number of alkyl carbamates (subject to hydrolysis) is 1. The minimum absolute atomic E-state index is 0.0792. The molecule has 2 aromatic heterocycles. The van der Waals surface area contributed by atoms with Gasteiger partial charge < -0.3 is 15.0 Å². The van der Waals surface area contributed by atoms with E-state index < -0.39 is 17.7 Å². The first-order valence-electron chi connectivity index (χ1n) is 9.11. The van der Waals surface area contributed by atoms with Crippen LogP contribution in [0.1, 0.15) is 50.3 Å². The third-order valence-electron chi connectivity index (χ3n) is 3.73. The van der Waals surface area contributed by atoms with Gasteiger partial charge in [-0.1, -0.05) is 25.5 Å². The molecule has 0 aromatic carbocycles. The van der Waals surface area contributed by atoms with Crippen LogP contribution in [0.25, 0.3) is 0 Å². The summed E-state index contributed by atoms with van der Waals surface area (Å²) in [5.41, 5.74) is -0.600. The van der Waals surface area contributed by atoms with E-state index in [0.29, 0.717) is 19.5 Å². The van der Waals surface area contributed by atoms with Gasteiger partial charge in [-0.25, -0.2) is 4.79 Å². The molecule has 0 saturated heterocycles. The molecule has 7 heteroatoms. The summed E-state index contributed by atoms with van der Waals surface area (Å²) in [6.07, 6.45) is 0.808. The topological polar surface area (TPSA) is 58.6 Å². The minimum Gasteiger partial charge on any atom is -0.444 e. The van der Waals surface area contributed by atoms with Gasteiger partial charge in [-0.3, -0.25) is 4.79 Å². The van der Waals surface area contributed by atoms with Crippen molar-refractivity contribution in [1.29, 1.82) is 0 Å². The summed E-state index contributed by atoms with van der Waals surface area (Å²) in [7, 11) is 0. The molecule has 2 heterocycles. The van der Waals surface area contributed by atoms with E-state index in [0.717, 1.165) is 16.2 Å². The number of carbonyl (C=O) groups excluding carboxylic acids is 2. The number of thiophene rings is 2. The lowest BCUT2D eigenvalue weighted by Gasteiger charge is -2.28. The maximum Gasteiger partial charge on any atom is 0.408 e. The molecule has 2 aromatic rings. The van der Waals surface area contributed by atoms with Gasteiger partial charge in [0.1, 0.15) is 11.6 Å². The van der Waals surface area contributed by atoms with Crippen LogP contribution >= 0.6 is 22.7 Å². The Morgan fingerprint density at radius 2 is 1.67 bits per heavy atom. The first kappa shape index (κ1) is 21.4. The Balaban J connectivity index is 2.13. The van der Waals surface area contributed by atoms with E-state index in [1.165, 1.54) is 0 Å². The Morgan fingerprint density at radius 1 is 1.11 bits per heavy atom. The monoisotopic (exact) mass is 408 g/mol. The van der Waals surface area contributed by atoms with Gasteiger partial charge in [-0.05, 0) is 50.1 Å². The quantitative estimate of drug-likeness (QED) is 0.666. The molecule has 0 radical (unpaired) electrons. The molecule has 0 fully saturated rings. The minimum atomic E-state index is -0.600. The molecule has 148 valence electrons. The molecular formula is C20H28N2O3S2. The van der Waals surface area contributed by atoms with Crippen molar-refractivity contribution in [2.24, 2.45) is 0 Å². The fraction of sp³-hybridized carbons (Fsp3) is 0.500. The summed E-state index contributed by atoms with van der Waals surface area (Å²) >= 11 is 3.25. The molecule has 2 rings (SSSR count). The molecule has 27 heavy (non-hydrogen) atoms. The van der Waals surface area contributed by atoms with Gasteiger partial charge >= 0.3 is 6.09 Å². The van der Waals surface area contributed by atoms with Gasteiger partial charge in [0.25, 0.3) is 0 Å². The summed E-state index contributed by atoms with van der Waals surface area (Å²) in [6.45, 7) is 8.49. The molecule has 5 nitrogen and oxygen atoms in total. The van der Waals surface area contributed by atoms with Crippen molar-refractivity contribution in [3.8, 4) is 0 Å². The maximum atomic E-state index is 13.3. The molecule has 0 aliphatic heterocycles. The Labute approximate surface area is 169 Å². The van der Waals surface area contributed by atoms with Crippen LogP contribution in [-0.4, -0.2) is 28.5 Å². The number of nitrogens with zero attached hydrogens (tertiary/aromatic N) is 1. The second kappa shape index (κ2) is 9.90. The number of carbonyl (C=O) groups is 2. The lowest BCUT2D eigenvalue weighted by atomic mass is 10.1. The van der Waals surface area contributed by atoms with E-state index in [1.54, 1.807) is 22.7 Å². The molecule has 2 amide bonds. The SMILES string of the molecule is CCC[C@H](NC(=O)OC(C)(C)C)C(=O)N(Cc1cccs1)Cc1cccs1. The summed E-state index contributed by atoms with van der Waals surface area (Å²) in [6, 6.07) is 7.42. The molecule has 0 unspecified atom stereocenters. The number of hydrogen-bond acceptors (Lipinski definition) is 5. The van der Waals surface area contributed by atoms with Crippen molar-refractivity contribution in [1.82, 2.24) is 10.2 Å². The predicted molar refractivity (Wildman–Crippen MR) is 111 cm³/mol. The Kier molecular flexibility index (Phi) is 7.86. The van der Waals surface area contributed by atoms with E-state index in [2.05, 4.69) is 5.32 Å². The van der Waals surface area contributed by atoms with Crippen molar-refractivity contribution in [3.05, 3.63) is 44.8 Å². The van der Waals surface area contributed by atoms with Crippen molar-refractivity contribution in [2.45, 2.75) is 65.3 Å². The maximum absolute atomic E-state index is 13.3. The first-order chi connectivity index (χ1) is 12.8. The highest BCUT2D eigenvalue weighted by molar-refractivity contribution is 7.10. The van der Waals surface area contributed by atoms with E-state index >= 15 is 0 Å². The van der Waals surface area contributed by atoms with Crippen LogP contribution in [0.3, 0.4) is 0 Å². The highest BCUT2D eigenvalue weighted by Gasteiger charge is 2.28. The average Bonchev–Trinajstić information content (AvgIpc) is 3.25. The van der Waals surface area contributed by atoms with Gasteiger partial charge in [-0.2, -0.15) is 0 Å². The molecular weight excluding hydrogens is 380 g/mol. The van der Waals surface area contributed by atoms with Crippen LogP contribution in [0.2, 0.25) is 0 Å². The second-order valence-electron chi connectivity index (χ2n) is 7.34. The lowest BCUT2D eigenvalue weighted by molar-refractivity contribution is -0.134.